The highest BCUT2D eigenvalue weighted by Gasteiger charge is 2.09. The van der Waals surface area contributed by atoms with Crippen LogP contribution in [-0.2, 0) is 4.79 Å². The summed E-state index contributed by atoms with van der Waals surface area (Å²) in [6, 6.07) is 6.99. The monoisotopic (exact) mass is 364 g/mol. The van der Waals surface area contributed by atoms with Crippen molar-refractivity contribution in [3.05, 3.63) is 56.6 Å². The molecule has 0 saturated heterocycles. The van der Waals surface area contributed by atoms with Gasteiger partial charge in [0.1, 0.15) is 12.3 Å². The Labute approximate surface area is 151 Å². The number of aromatic hydroxyl groups is 1. The van der Waals surface area contributed by atoms with Crippen molar-refractivity contribution in [2.45, 2.75) is 20.8 Å². The summed E-state index contributed by atoms with van der Waals surface area (Å²) in [6.45, 7) is 5.84. The molecule has 6 heteroatoms. The lowest BCUT2D eigenvalue weighted by Gasteiger charge is -2.12. The largest absolute Gasteiger partial charge is 0.506 e. The summed E-state index contributed by atoms with van der Waals surface area (Å²) in [6.07, 6.45) is 1.38. The van der Waals surface area contributed by atoms with E-state index in [1.165, 1.54) is 18.3 Å². The number of phenols is 1. The number of hydrogen-bond donors (Lipinski definition) is 2. The second kappa shape index (κ2) is 7.69. The summed E-state index contributed by atoms with van der Waals surface area (Å²) in [4.78, 5) is 16.1. The number of halogens is 2. The normalized spacial score (nSPS) is 11.0. The van der Waals surface area contributed by atoms with Gasteiger partial charge in [0.05, 0.1) is 5.02 Å². The number of nitrogens with zero attached hydrogens (tertiary/aromatic N) is 1. The van der Waals surface area contributed by atoms with Gasteiger partial charge in [0, 0.05) is 22.5 Å². The van der Waals surface area contributed by atoms with Crippen molar-refractivity contribution in [1.29, 1.82) is 0 Å². The zero-order chi connectivity index (χ0) is 17.9. The fourth-order valence-corrected chi connectivity index (χ4v) is 2.98. The minimum absolute atomic E-state index is 0.0731. The number of benzene rings is 2. The number of nitrogens with one attached hydrogen (secondary N) is 1. The van der Waals surface area contributed by atoms with Crippen LogP contribution in [-0.4, -0.2) is 23.8 Å². The van der Waals surface area contributed by atoms with Crippen LogP contribution >= 0.6 is 23.2 Å². The van der Waals surface area contributed by atoms with Crippen LogP contribution < -0.4 is 5.32 Å². The van der Waals surface area contributed by atoms with E-state index in [0.29, 0.717) is 10.6 Å². The summed E-state index contributed by atoms with van der Waals surface area (Å²) in [7, 11) is 0. The van der Waals surface area contributed by atoms with Gasteiger partial charge in [-0.05, 0) is 44.0 Å². The molecule has 0 spiro atoms. The average Bonchev–Trinajstić information content (AvgIpc) is 2.47. The Morgan fingerprint density at radius 2 is 1.79 bits per heavy atom. The van der Waals surface area contributed by atoms with Gasteiger partial charge in [-0.1, -0.05) is 40.9 Å². The first kappa shape index (κ1) is 18.3. The van der Waals surface area contributed by atoms with Gasteiger partial charge in [-0.25, -0.2) is 0 Å². The molecule has 0 aliphatic heterocycles. The van der Waals surface area contributed by atoms with Crippen LogP contribution in [0.25, 0.3) is 0 Å². The molecule has 0 unspecified atom stereocenters. The lowest BCUT2D eigenvalue weighted by Crippen LogP contribution is -2.16. The average molecular weight is 365 g/mol. The van der Waals surface area contributed by atoms with Gasteiger partial charge >= 0.3 is 0 Å². The Hall–Kier alpha value is -2.04. The minimum Gasteiger partial charge on any atom is -0.506 e. The molecule has 0 atom stereocenters. The van der Waals surface area contributed by atoms with E-state index in [1.807, 2.05) is 32.9 Å². The second-order valence-electron chi connectivity index (χ2n) is 5.62. The van der Waals surface area contributed by atoms with E-state index in [-0.39, 0.29) is 23.2 Å². The van der Waals surface area contributed by atoms with Crippen molar-refractivity contribution in [3.8, 4) is 5.75 Å². The molecule has 0 saturated carbocycles. The van der Waals surface area contributed by atoms with Crippen LogP contribution in [0.4, 0.5) is 5.69 Å². The number of phenolic OH excluding ortho intramolecular Hbond substituents is 1. The van der Waals surface area contributed by atoms with E-state index in [0.717, 1.165) is 22.4 Å². The van der Waals surface area contributed by atoms with Crippen LogP contribution in [0.5, 0.6) is 5.75 Å². The lowest BCUT2D eigenvalue weighted by molar-refractivity contribution is -0.114. The number of anilines is 1. The third-order valence-corrected chi connectivity index (χ3v) is 3.97. The van der Waals surface area contributed by atoms with Crippen molar-refractivity contribution in [3.63, 3.8) is 0 Å². The van der Waals surface area contributed by atoms with E-state index in [9.17, 15) is 9.90 Å². The molecule has 0 aliphatic carbocycles. The molecule has 0 fully saturated rings. The first-order chi connectivity index (χ1) is 11.3. The number of rotatable bonds is 4. The maximum atomic E-state index is 12.1. The Kier molecular flexibility index (Phi) is 5.86. The summed E-state index contributed by atoms with van der Waals surface area (Å²) in [5, 5.41) is 13.2. The van der Waals surface area contributed by atoms with Gasteiger partial charge in [0.25, 0.3) is 0 Å². The highest BCUT2D eigenvalue weighted by Crippen LogP contribution is 2.30. The molecule has 1 amide bonds. The van der Waals surface area contributed by atoms with Gasteiger partial charge in [0.2, 0.25) is 5.91 Å². The Morgan fingerprint density at radius 1 is 1.17 bits per heavy atom. The predicted molar refractivity (Wildman–Crippen MR) is 99.9 cm³/mol. The van der Waals surface area contributed by atoms with E-state index >= 15 is 0 Å². The molecule has 0 heterocycles. The molecule has 24 heavy (non-hydrogen) atoms. The molecule has 126 valence electrons. The fourth-order valence-electron chi connectivity index (χ4n) is 2.47. The molecule has 2 aromatic rings. The predicted octanol–water partition coefficient (Wildman–Crippen LogP) is 4.68. The van der Waals surface area contributed by atoms with Crippen molar-refractivity contribution in [2.75, 3.05) is 11.9 Å². The van der Waals surface area contributed by atoms with Crippen LogP contribution in [0, 0.1) is 20.8 Å². The number of amides is 1. The van der Waals surface area contributed by atoms with Gasteiger partial charge in [0.15, 0.2) is 0 Å². The van der Waals surface area contributed by atoms with Gasteiger partial charge in [-0.2, -0.15) is 0 Å². The van der Waals surface area contributed by atoms with Crippen LogP contribution in [0.15, 0.2) is 29.3 Å². The molecule has 2 rings (SSSR count). The van der Waals surface area contributed by atoms with E-state index in [1.54, 1.807) is 0 Å². The van der Waals surface area contributed by atoms with Gasteiger partial charge in [-0.15, -0.1) is 0 Å². The summed E-state index contributed by atoms with van der Waals surface area (Å²) in [5.41, 5.74) is 4.32. The molecule has 0 aromatic heterocycles. The van der Waals surface area contributed by atoms with E-state index in [4.69, 9.17) is 23.2 Å². The van der Waals surface area contributed by atoms with Crippen LogP contribution in [0.3, 0.4) is 0 Å². The molecule has 0 radical (unpaired) electrons. The Balaban J connectivity index is 2.07. The zero-order valence-electron chi connectivity index (χ0n) is 13.7. The Bertz CT molecular complexity index is 794. The summed E-state index contributed by atoms with van der Waals surface area (Å²) in [5.74, 6) is -0.357. The highest BCUT2D eigenvalue weighted by molar-refractivity contribution is 6.36. The lowest BCUT2D eigenvalue weighted by atomic mass is 10.1. The maximum Gasteiger partial charge on any atom is 0.246 e. The van der Waals surface area contributed by atoms with Crippen LogP contribution in [0.1, 0.15) is 22.3 Å². The van der Waals surface area contributed by atoms with Crippen molar-refractivity contribution < 1.29 is 9.90 Å². The third kappa shape index (κ3) is 4.49. The molecule has 2 aromatic carbocycles. The maximum absolute atomic E-state index is 12.1. The number of aryl methyl sites for hydroxylation is 3. The number of hydrogen-bond acceptors (Lipinski definition) is 3. The Morgan fingerprint density at radius 3 is 2.42 bits per heavy atom. The summed E-state index contributed by atoms with van der Waals surface area (Å²) >= 11 is 11.7. The molecular weight excluding hydrogens is 347 g/mol. The summed E-state index contributed by atoms with van der Waals surface area (Å²) < 4.78 is 0. The molecule has 0 bridgehead atoms. The van der Waals surface area contributed by atoms with Gasteiger partial charge < -0.3 is 10.4 Å². The number of carbonyl (C=O) groups is 1. The molecule has 4 nitrogen and oxygen atoms in total. The first-order valence-electron chi connectivity index (χ1n) is 7.33. The van der Waals surface area contributed by atoms with Crippen LogP contribution in [0.2, 0.25) is 10.0 Å². The van der Waals surface area contributed by atoms with Gasteiger partial charge in [-0.3, -0.25) is 9.79 Å². The van der Waals surface area contributed by atoms with Crippen molar-refractivity contribution in [1.82, 2.24) is 0 Å². The molecule has 2 N–H and O–H groups in total. The highest BCUT2D eigenvalue weighted by atomic mass is 35.5. The quantitative estimate of drug-likeness (QED) is 0.773. The zero-order valence-corrected chi connectivity index (χ0v) is 15.2. The fraction of sp³-hybridized carbons (Fsp3) is 0.222. The molecule has 0 aliphatic rings. The van der Waals surface area contributed by atoms with E-state index in [2.05, 4.69) is 10.3 Å². The molecular formula is C18H18Cl2N2O2. The minimum atomic E-state index is -0.242. The van der Waals surface area contributed by atoms with Crippen molar-refractivity contribution >= 4 is 41.0 Å². The number of aliphatic imine (C=N–C) groups is 1. The van der Waals surface area contributed by atoms with Crippen molar-refractivity contribution in [2.24, 2.45) is 4.99 Å². The smallest absolute Gasteiger partial charge is 0.246 e. The topological polar surface area (TPSA) is 61.7 Å². The number of carbonyl (C=O) groups excluding carboxylic acids is 1. The second-order valence-corrected chi connectivity index (χ2v) is 6.46. The third-order valence-electron chi connectivity index (χ3n) is 3.46. The standard InChI is InChI=1S/C18H18Cl2N2O2/c1-10-4-11(2)17(12(3)5-10)22-16(23)9-21-8-13-6-14(19)7-15(20)18(13)24/h4-8,24H,9H2,1-3H3,(H,22,23). The SMILES string of the molecule is Cc1cc(C)c(NC(=O)CN=Cc2cc(Cl)cc(Cl)c2O)c(C)c1. The first-order valence-corrected chi connectivity index (χ1v) is 8.09. The van der Waals surface area contributed by atoms with E-state index < -0.39 is 0 Å².